The molecule has 4 unspecified atom stereocenters. The van der Waals surface area contributed by atoms with Crippen molar-refractivity contribution in [3.63, 3.8) is 0 Å². The van der Waals surface area contributed by atoms with Crippen molar-refractivity contribution in [3.8, 4) is 11.5 Å². The number of rotatable bonds is 15. The summed E-state index contributed by atoms with van der Waals surface area (Å²) in [7, 11) is 0. The summed E-state index contributed by atoms with van der Waals surface area (Å²) in [5.41, 5.74) is 13.0. The van der Waals surface area contributed by atoms with Gasteiger partial charge in [0.1, 0.15) is 29.6 Å². The first-order valence-corrected chi connectivity index (χ1v) is 13.1. The Bertz CT molecular complexity index is 1410. The molecule has 0 fully saturated rings. The van der Waals surface area contributed by atoms with Crippen molar-refractivity contribution in [1.82, 2.24) is 25.9 Å². The van der Waals surface area contributed by atoms with Gasteiger partial charge in [0.2, 0.25) is 23.6 Å². The van der Waals surface area contributed by atoms with Crippen molar-refractivity contribution in [2.45, 2.75) is 49.9 Å². The van der Waals surface area contributed by atoms with Gasteiger partial charge in [0.05, 0.1) is 18.8 Å². The second-order valence-electron chi connectivity index (χ2n) is 9.82. The summed E-state index contributed by atoms with van der Waals surface area (Å²) in [4.78, 5) is 69.6. The standard InChI is InChI=1S/C28H33N7O8/c29-20(9-15-1-5-18(36)6-2-15)25(39)33-21(10-16-3-7-19(37)8-4-16)26(40)34-22(12-24(30)38)27(41)35-23(28(42)43)11-17-13-31-14-32-17/h1-8,13-14,20-23,36-37H,9-12,29H2,(H2,30,38)(H,31,32)(H,33,39)(H,34,40)(H,35,41)(H,42,43). The third kappa shape index (κ3) is 10.2. The Labute approximate surface area is 245 Å². The average Bonchev–Trinajstić information content (AvgIpc) is 3.47. The predicted octanol–water partition coefficient (Wildman–Crippen LogP) is -1.41. The number of amides is 4. The molecule has 0 aliphatic heterocycles. The number of hydrogen-bond acceptors (Lipinski definition) is 9. The number of primary amides is 1. The molecule has 4 amide bonds. The number of hydrogen-bond donors (Lipinski definition) is 9. The highest BCUT2D eigenvalue weighted by Gasteiger charge is 2.31. The Morgan fingerprint density at radius 1 is 0.744 bits per heavy atom. The fourth-order valence-electron chi connectivity index (χ4n) is 4.11. The van der Waals surface area contributed by atoms with E-state index in [1.54, 1.807) is 12.1 Å². The molecule has 0 bridgehead atoms. The maximum absolute atomic E-state index is 13.4. The van der Waals surface area contributed by atoms with Gasteiger partial charge in [0.15, 0.2) is 0 Å². The monoisotopic (exact) mass is 595 g/mol. The minimum atomic E-state index is -1.57. The fraction of sp³-hybridized carbons (Fsp3) is 0.286. The lowest BCUT2D eigenvalue weighted by atomic mass is 10.0. The lowest BCUT2D eigenvalue weighted by Gasteiger charge is -2.25. The van der Waals surface area contributed by atoms with Gasteiger partial charge >= 0.3 is 5.97 Å². The highest BCUT2D eigenvalue weighted by molar-refractivity contribution is 5.96. The van der Waals surface area contributed by atoms with E-state index >= 15 is 0 Å². The molecule has 0 saturated heterocycles. The van der Waals surface area contributed by atoms with Crippen molar-refractivity contribution < 1.29 is 39.3 Å². The van der Waals surface area contributed by atoms with Gasteiger partial charge in [0.25, 0.3) is 0 Å². The molecule has 0 aliphatic carbocycles. The highest BCUT2D eigenvalue weighted by Crippen LogP contribution is 2.13. The van der Waals surface area contributed by atoms with E-state index in [0.717, 1.165) is 0 Å². The van der Waals surface area contributed by atoms with E-state index in [9.17, 15) is 39.3 Å². The van der Waals surface area contributed by atoms with Crippen LogP contribution in [0.3, 0.4) is 0 Å². The van der Waals surface area contributed by atoms with Crippen LogP contribution in [0.1, 0.15) is 23.2 Å². The number of carboxylic acids is 1. The Hall–Kier alpha value is -5.44. The largest absolute Gasteiger partial charge is 0.508 e. The molecule has 2 aromatic carbocycles. The number of benzene rings is 2. The van der Waals surface area contributed by atoms with Gasteiger partial charge in [0, 0.05) is 24.7 Å². The lowest BCUT2D eigenvalue weighted by Crippen LogP contribution is -2.58. The lowest BCUT2D eigenvalue weighted by molar-refractivity contribution is -0.142. The predicted molar refractivity (Wildman–Crippen MR) is 151 cm³/mol. The molecular formula is C28H33N7O8. The van der Waals surface area contributed by atoms with Crippen LogP contribution in [-0.4, -0.2) is 79.1 Å². The average molecular weight is 596 g/mol. The van der Waals surface area contributed by atoms with Crippen molar-refractivity contribution in [1.29, 1.82) is 0 Å². The molecule has 0 saturated carbocycles. The van der Waals surface area contributed by atoms with Crippen LogP contribution in [0, 0.1) is 0 Å². The van der Waals surface area contributed by atoms with Crippen LogP contribution < -0.4 is 27.4 Å². The van der Waals surface area contributed by atoms with E-state index in [0.29, 0.717) is 16.8 Å². The third-order valence-electron chi connectivity index (χ3n) is 6.37. The summed E-state index contributed by atoms with van der Waals surface area (Å²) < 4.78 is 0. The van der Waals surface area contributed by atoms with Crippen molar-refractivity contribution in [2.24, 2.45) is 11.5 Å². The molecule has 43 heavy (non-hydrogen) atoms. The van der Waals surface area contributed by atoms with Crippen molar-refractivity contribution in [3.05, 3.63) is 77.9 Å². The quantitative estimate of drug-likeness (QED) is 0.0991. The van der Waals surface area contributed by atoms with E-state index in [2.05, 4.69) is 25.9 Å². The number of nitrogens with zero attached hydrogens (tertiary/aromatic N) is 1. The van der Waals surface area contributed by atoms with Crippen LogP contribution in [0.5, 0.6) is 11.5 Å². The molecule has 1 heterocycles. The van der Waals surface area contributed by atoms with Crippen molar-refractivity contribution in [2.75, 3.05) is 0 Å². The molecule has 11 N–H and O–H groups in total. The maximum atomic E-state index is 13.4. The van der Waals surface area contributed by atoms with Crippen LogP contribution in [0.15, 0.2) is 61.1 Å². The number of aliphatic carboxylic acids is 1. The van der Waals surface area contributed by atoms with Gasteiger partial charge in [-0.1, -0.05) is 24.3 Å². The molecule has 4 atom stereocenters. The molecule has 3 aromatic rings. The maximum Gasteiger partial charge on any atom is 0.326 e. The number of aromatic nitrogens is 2. The topological polar surface area (TPSA) is 263 Å². The number of phenolic OH excluding ortho intramolecular Hbond substituents is 2. The fourth-order valence-corrected chi connectivity index (χ4v) is 4.11. The summed E-state index contributed by atoms with van der Waals surface area (Å²) >= 11 is 0. The second kappa shape index (κ2) is 15.0. The van der Waals surface area contributed by atoms with Crippen LogP contribution in [0.4, 0.5) is 0 Å². The molecule has 15 nitrogen and oxygen atoms in total. The SMILES string of the molecule is NC(=O)CC(NC(=O)C(Cc1ccc(O)cc1)NC(=O)C(N)Cc1ccc(O)cc1)C(=O)NC(Cc1cnc[nH]1)C(=O)O. The van der Waals surface area contributed by atoms with Crippen LogP contribution in [0.25, 0.3) is 0 Å². The summed E-state index contributed by atoms with van der Waals surface area (Å²) in [5, 5.41) is 35.9. The van der Waals surface area contributed by atoms with Gasteiger partial charge in [-0.3, -0.25) is 19.2 Å². The van der Waals surface area contributed by atoms with Gasteiger partial charge < -0.3 is 47.7 Å². The number of nitrogens with two attached hydrogens (primary N) is 2. The molecule has 228 valence electrons. The molecular weight excluding hydrogens is 562 g/mol. The zero-order chi connectivity index (χ0) is 31.5. The molecule has 1 aromatic heterocycles. The van der Waals surface area contributed by atoms with Gasteiger partial charge in [-0.05, 0) is 41.8 Å². The van der Waals surface area contributed by atoms with E-state index in [1.165, 1.54) is 48.9 Å². The second-order valence-corrected chi connectivity index (χ2v) is 9.82. The molecule has 0 spiro atoms. The number of phenols is 2. The zero-order valence-electron chi connectivity index (χ0n) is 22.9. The Kier molecular flexibility index (Phi) is 11.2. The first-order chi connectivity index (χ1) is 20.4. The van der Waals surface area contributed by atoms with Crippen LogP contribution in [0.2, 0.25) is 0 Å². The number of carbonyl (C=O) groups excluding carboxylic acids is 4. The number of carboxylic acid groups (broad SMARTS) is 1. The van der Waals surface area contributed by atoms with Gasteiger partial charge in [-0.2, -0.15) is 0 Å². The summed E-state index contributed by atoms with van der Waals surface area (Å²) in [6.07, 6.45) is 1.90. The highest BCUT2D eigenvalue weighted by atomic mass is 16.4. The van der Waals surface area contributed by atoms with Crippen LogP contribution in [-0.2, 0) is 43.2 Å². The van der Waals surface area contributed by atoms with E-state index in [1.807, 2.05) is 0 Å². The molecule has 15 heteroatoms. The minimum absolute atomic E-state index is 0.0222. The Balaban J connectivity index is 1.77. The number of imidazole rings is 1. The van der Waals surface area contributed by atoms with Gasteiger partial charge in [-0.25, -0.2) is 9.78 Å². The minimum Gasteiger partial charge on any atom is -0.508 e. The Morgan fingerprint density at radius 2 is 1.26 bits per heavy atom. The number of aromatic amines is 1. The van der Waals surface area contributed by atoms with Crippen LogP contribution >= 0.6 is 0 Å². The van der Waals surface area contributed by atoms with E-state index in [4.69, 9.17) is 11.5 Å². The molecule has 0 radical (unpaired) electrons. The Morgan fingerprint density at radius 3 is 1.77 bits per heavy atom. The summed E-state index contributed by atoms with van der Waals surface area (Å²) in [6.45, 7) is 0. The smallest absolute Gasteiger partial charge is 0.326 e. The normalized spacial score (nSPS) is 13.6. The van der Waals surface area contributed by atoms with Crippen molar-refractivity contribution >= 4 is 29.6 Å². The number of carbonyl (C=O) groups is 5. The molecule has 3 rings (SSSR count). The number of H-pyrrole nitrogens is 1. The summed E-state index contributed by atoms with van der Waals surface area (Å²) in [6, 6.07) is 6.50. The first-order valence-electron chi connectivity index (χ1n) is 13.1. The zero-order valence-corrected chi connectivity index (χ0v) is 22.9. The van der Waals surface area contributed by atoms with E-state index < -0.39 is 60.2 Å². The first kappa shape index (κ1) is 32.1. The van der Waals surface area contributed by atoms with E-state index in [-0.39, 0.29) is 30.8 Å². The third-order valence-corrected chi connectivity index (χ3v) is 6.37. The molecule has 0 aliphatic rings. The number of aromatic hydroxyl groups is 2. The van der Waals surface area contributed by atoms with Gasteiger partial charge in [-0.15, -0.1) is 0 Å². The number of nitrogens with one attached hydrogen (secondary N) is 4. The summed E-state index contributed by atoms with van der Waals surface area (Å²) in [5.74, 6) is -4.86.